The fourth-order valence-electron chi connectivity index (χ4n) is 3.79. The summed E-state index contributed by atoms with van der Waals surface area (Å²) in [5, 5.41) is 2.52. The van der Waals surface area contributed by atoms with E-state index in [-0.39, 0.29) is 0 Å². The van der Waals surface area contributed by atoms with Gasteiger partial charge in [0.15, 0.2) is 5.78 Å². The Labute approximate surface area is 139 Å². The van der Waals surface area contributed by atoms with E-state index in [4.69, 9.17) is 0 Å². The second-order valence-corrected chi connectivity index (χ2v) is 6.52. The van der Waals surface area contributed by atoms with Crippen LogP contribution >= 0.6 is 0 Å². The summed E-state index contributed by atoms with van der Waals surface area (Å²) in [6.07, 6.45) is 5.00. The molecule has 3 rings (SSSR count). The van der Waals surface area contributed by atoms with Gasteiger partial charge in [0.05, 0.1) is 0 Å². The minimum absolute atomic E-state index is 0.306. The lowest BCUT2D eigenvalue weighted by atomic mass is 9.95. The largest absolute Gasteiger partial charge is 0.304 e. The van der Waals surface area contributed by atoms with Crippen molar-refractivity contribution in [1.82, 2.24) is 4.90 Å². The summed E-state index contributed by atoms with van der Waals surface area (Å²) in [6, 6.07) is 10.7. The van der Waals surface area contributed by atoms with E-state index in [0.29, 0.717) is 12.2 Å². The molecule has 2 nitrogen and oxygen atoms in total. The predicted octanol–water partition coefficient (Wildman–Crippen LogP) is 4.63. The van der Waals surface area contributed by atoms with E-state index in [1.165, 1.54) is 21.9 Å². The quantitative estimate of drug-likeness (QED) is 0.523. The van der Waals surface area contributed by atoms with Crippen molar-refractivity contribution in [3.8, 4) is 0 Å². The van der Waals surface area contributed by atoms with Crippen LogP contribution in [0.15, 0.2) is 30.3 Å². The van der Waals surface area contributed by atoms with Crippen molar-refractivity contribution < 1.29 is 4.79 Å². The van der Waals surface area contributed by atoms with Crippen LogP contribution in [0.5, 0.6) is 0 Å². The van der Waals surface area contributed by atoms with Crippen molar-refractivity contribution in [2.45, 2.75) is 46.0 Å². The summed E-state index contributed by atoms with van der Waals surface area (Å²) >= 11 is 0. The number of nitrogens with zero attached hydrogens (tertiary/aromatic N) is 1. The number of carbonyl (C=O) groups is 1. The van der Waals surface area contributed by atoms with Crippen LogP contribution in [0.25, 0.3) is 10.8 Å². The standard InChI is InChI=1S/C21H27NO/c1-3-22(4-2)15-6-5-10-20(23)18-14-13-17-12-11-16-8-7-9-19(18)21(16)17/h7-9,13-14H,3-6,10-12,15H2,1-2H3. The average molecular weight is 309 g/mol. The van der Waals surface area contributed by atoms with Gasteiger partial charge in [0.1, 0.15) is 0 Å². The molecule has 1 aliphatic carbocycles. The van der Waals surface area contributed by atoms with Crippen LogP contribution in [-0.2, 0) is 12.8 Å². The van der Waals surface area contributed by atoms with Crippen molar-refractivity contribution in [2.24, 2.45) is 0 Å². The second-order valence-electron chi connectivity index (χ2n) is 6.52. The summed E-state index contributed by atoms with van der Waals surface area (Å²) in [6.45, 7) is 7.69. The molecule has 0 unspecified atom stereocenters. The molecule has 0 spiro atoms. The zero-order chi connectivity index (χ0) is 16.2. The lowest BCUT2D eigenvalue weighted by Gasteiger charge is -2.17. The molecule has 0 saturated carbocycles. The molecule has 0 radical (unpaired) electrons. The van der Waals surface area contributed by atoms with Crippen molar-refractivity contribution in [3.05, 3.63) is 47.0 Å². The molecule has 0 aromatic heterocycles. The molecular formula is C21H27NO. The van der Waals surface area contributed by atoms with Gasteiger partial charge in [-0.05, 0) is 67.2 Å². The van der Waals surface area contributed by atoms with Gasteiger partial charge in [-0.1, -0.05) is 44.2 Å². The molecule has 0 amide bonds. The van der Waals surface area contributed by atoms with Crippen molar-refractivity contribution >= 4 is 16.6 Å². The van der Waals surface area contributed by atoms with E-state index < -0.39 is 0 Å². The van der Waals surface area contributed by atoms with Crippen molar-refractivity contribution in [2.75, 3.05) is 19.6 Å². The van der Waals surface area contributed by atoms with Gasteiger partial charge in [-0.15, -0.1) is 0 Å². The van der Waals surface area contributed by atoms with Crippen LogP contribution in [0.4, 0.5) is 0 Å². The van der Waals surface area contributed by atoms with Crippen LogP contribution in [0.3, 0.4) is 0 Å². The number of benzene rings is 2. The van der Waals surface area contributed by atoms with E-state index in [1.807, 2.05) is 0 Å². The lowest BCUT2D eigenvalue weighted by molar-refractivity contribution is 0.0979. The van der Waals surface area contributed by atoms with Crippen molar-refractivity contribution in [1.29, 1.82) is 0 Å². The van der Waals surface area contributed by atoms with Gasteiger partial charge in [-0.2, -0.15) is 0 Å². The van der Waals surface area contributed by atoms with Crippen LogP contribution in [0.1, 0.15) is 54.6 Å². The minimum atomic E-state index is 0.306. The highest BCUT2D eigenvalue weighted by Gasteiger charge is 2.18. The van der Waals surface area contributed by atoms with Gasteiger partial charge in [0, 0.05) is 12.0 Å². The Kier molecular flexibility index (Phi) is 5.12. The summed E-state index contributed by atoms with van der Waals surface area (Å²) in [4.78, 5) is 15.1. The number of ketones is 1. The molecule has 0 fully saturated rings. The summed E-state index contributed by atoms with van der Waals surface area (Å²) in [5.41, 5.74) is 3.75. The molecule has 122 valence electrons. The Hall–Kier alpha value is -1.67. The maximum atomic E-state index is 12.7. The van der Waals surface area contributed by atoms with Gasteiger partial charge in [0.2, 0.25) is 0 Å². The SMILES string of the molecule is CCN(CC)CCCCC(=O)c1ccc2c3c(cccc13)CC2. The maximum absolute atomic E-state index is 12.7. The first-order valence-electron chi connectivity index (χ1n) is 9.03. The number of hydrogen-bond acceptors (Lipinski definition) is 2. The topological polar surface area (TPSA) is 20.3 Å². The fourth-order valence-corrected chi connectivity index (χ4v) is 3.79. The molecule has 2 aromatic carbocycles. The van der Waals surface area contributed by atoms with Gasteiger partial charge in [0.25, 0.3) is 0 Å². The zero-order valence-electron chi connectivity index (χ0n) is 14.4. The van der Waals surface area contributed by atoms with Gasteiger partial charge >= 0.3 is 0 Å². The number of unbranched alkanes of at least 4 members (excludes halogenated alkanes) is 1. The van der Waals surface area contributed by atoms with E-state index in [0.717, 1.165) is 50.9 Å². The third-order valence-electron chi connectivity index (χ3n) is 5.20. The van der Waals surface area contributed by atoms with Crippen LogP contribution < -0.4 is 0 Å². The Balaban J connectivity index is 1.68. The van der Waals surface area contributed by atoms with Crippen LogP contribution in [-0.4, -0.2) is 30.3 Å². The highest BCUT2D eigenvalue weighted by Crippen LogP contribution is 2.33. The summed E-state index contributed by atoms with van der Waals surface area (Å²) < 4.78 is 0. The van der Waals surface area contributed by atoms with E-state index in [2.05, 4.69) is 49.1 Å². The zero-order valence-corrected chi connectivity index (χ0v) is 14.4. The van der Waals surface area contributed by atoms with Crippen LogP contribution in [0.2, 0.25) is 0 Å². The second kappa shape index (κ2) is 7.27. The molecule has 2 heteroatoms. The number of hydrogen-bond donors (Lipinski definition) is 0. The van der Waals surface area contributed by atoms with E-state index in [9.17, 15) is 4.79 Å². The van der Waals surface area contributed by atoms with Crippen molar-refractivity contribution in [3.63, 3.8) is 0 Å². The maximum Gasteiger partial charge on any atom is 0.163 e. The van der Waals surface area contributed by atoms with Crippen LogP contribution in [0, 0.1) is 0 Å². The molecule has 2 aromatic rings. The van der Waals surface area contributed by atoms with Gasteiger partial charge < -0.3 is 4.90 Å². The predicted molar refractivity (Wildman–Crippen MR) is 97.3 cm³/mol. The molecule has 0 saturated heterocycles. The number of rotatable bonds is 8. The first kappa shape index (κ1) is 16.2. The summed E-state index contributed by atoms with van der Waals surface area (Å²) in [5.74, 6) is 0.306. The molecule has 1 aliphatic rings. The Bertz CT molecular complexity index is 690. The average Bonchev–Trinajstić information content (AvgIpc) is 3.00. The molecule has 0 aliphatic heterocycles. The minimum Gasteiger partial charge on any atom is -0.304 e. The third-order valence-corrected chi connectivity index (χ3v) is 5.20. The molecular weight excluding hydrogens is 282 g/mol. The Morgan fingerprint density at radius 1 is 1.00 bits per heavy atom. The first-order chi connectivity index (χ1) is 11.2. The van der Waals surface area contributed by atoms with E-state index >= 15 is 0 Å². The molecule has 23 heavy (non-hydrogen) atoms. The molecule has 0 N–H and O–H groups in total. The fraction of sp³-hybridized carbons (Fsp3) is 0.476. The highest BCUT2D eigenvalue weighted by molar-refractivity contribution is 6.10. The summed E-state index contributed by atoms with van der Waals surface area (Å²) in [7, 11) is 0. The highest BCUT2D eigenvalue weighted by atomic mass is 16.1. The monoisotopic (exact) mass is 309 g/mol. The molecule has 0 heterocycles. The van der Waals surface area contributed by atoms with Gasteiger partial charge in [-0.25, -0.2) is 0 Å². The smallest absolute Gasteiger partial charge is 0.163 e. The first-order valence-corrected chi connectivity index (χ1v) is 9.03. The number of carbonyl (C=O) groups excluding carboxylic acids is 1. The number of Topliss-reactive ketones (excluding diaryl/α,β-unsaturated/α-hetero) is 1. The molecule has 0 bridgehead atoms. The normalized spacial score (nSPS) is 13.2. The third kappa shape index (κ3) is 3.32. The Morgan fingerprint density at radius 3 is 2.48 bits per heavy atom. The number of aryl methyl sites for hydroxylation is 2. The molecule has 0 atom stereocenters. The lowest BCUT2D eigenvalue weighted by Crippen LogP contribution is -2.24. The van der Waals surface area contributed by atoms with E-state index in [1.54, 1.807) is 0 Å². The van der Waals surface area contributed by atoms with Gasteiger partial charge in [-0.3, -0.25) is 4.79 Å². The Morgan fingerprint density at radius 2 is 1.74 bits per heavy atom.